The van der Waals surface area contributed by atoms with Gasteiger partial charge in [0, 0.05) is 40.7 Å². The Labute approximate surface area is 223 Å². The fourth-order valence-electron chi connectivity index (χ4n) is 4.71. The molecule has 7 nitrogen and oxygen atoms in total. The fourth-order valence-corrected chi connectivity index (χ4v) is 4.71. The quantitative estimate of drug-likeness (QED) is 0.167. The first-order chi connectivity index (χ1) is 18.4. The average molecular weight is 518 g/mol. The molecule has 0 saturated carbocycles. The highest BCUT2D eigenvalue weighted by atomic mass is 16.6. The summed E-state index contributed by atoms with van der Waals surface area (Å²) in [6, 6.07) is 15.0. The molecule has 2 aromatic carbocycles. The number of aromatic nitrogens is 1. The Morgan fingerprint density at radius 2 is 1.61 bits per heavy atom. The maximum atomic E-state index is 12.9. The van der Waals surface area contributed by atoms with Crippen molar-refractivity contribution in [2.75, 3.05) is 19.8 Å². The van der Waals surface area contributed by atoms with Crippen LogP contribution in [0.25, 0.3) is 5.69 Å². The predicted molar refractivity (Wildman–Crippen MR) is 145 cm³/mol. The first-order valence-corrected chi connectivity index (χ1v) is 13.3. The first-order valence-electron chi connectivity index (χ1n) is 13.3. The van der Waals surface area contributed by atoms with E-state index in [0.717, 1.165) is 29.9 Å². The molecule has 0 saturated heterocycles. The van der Waals surface area contributed by atoms with Crippen LogP contribution in [0.5, 0.6) is 11.5 Å². The van der Waals surface area contributed by atoms with Gasteiger partial charge < -0.3 is 18.8 Å². The zero-order valence-corrected chi connectivity index (χ0v) is 22.4. The number of ketones is 2. The molecule has 4 rings (SSSR count). The van der Waals surface area contributed by atoms with Crippen molar-refractivity contribution in [1.29, 1.82) is 0 Å². The Bertz CT molecular complexity index is 1300. The lowest BCUT2D eigenvalue weighted by molar-refractivity contribution is -0.142. The van der Waals surface area contributed by atoms with Gasteiger partial charge in [-0.1, -0.05) is 44.0 Å². The van der Waals surface area contributed by atoms with Crippen molar-refractivity contribution in [2.24, 2.45) is 0 Å². The molecule has 0 fully saturated rings. The molecule has 0 N–H and O–H groups in total. The van der Waals surface area contributed by atoms with E-state index in [1.807, 2.05) is 60.9 Å². The highest BCUT2D eigenvalue weighted by Crippen LogP contribution is 2.33. The number of ether oxygens (including phenoxy) is 3. The summed E-state index contributed by atoms with van der Waals surface area (Å²) in [5.74, 6) is 0.393. The van der Waals surface area contributed by atoms with Crippen molar-refractivity contribution in [1.82, 2.24) is 4.57 Å². The number of rotatable bonds is 12. The highest BCUT2D eigenvalue weighted by molar-refractivity contribution is 6.00. The van der Waals surface area contributed by atoms with E-state index in [2.05, 4.69) is 6.92 Å². The number of hydrogen-bond acceptors (Lipinski definition) is 6. The van der Waals surface area contributed by atoms with Gasteiger partial charge in [-0.25, -0.2) is 0 Å². The molecule has 0 atom stereocenters. The zero-order valence-electron chi connectivity index (χ0n) is 22.4. The largest absolute Gasteiger partial charge is 0.486 e. The Kier molecular flexibility index (Phi) is 9.00. The smallest absolute Gasteiger partial charge is 0.306 e. The second-order valence-electron chi connectivity index (χ2n) is 9.61. The maximum Gasteiger partial charge on any atom is 0.306 e. The summed E-state index contributed by atoms with van der Waals surface area (Å²) in [5.41, 5.74) is 4.75. The summed E-state index contributed by atoms with van der Waals surface area (Å²) in [6.45, 7) is 6.58. The van der Waals surface area contributed by atoms with Gasteiger partial charge >= 0.3 is 5.97 Å². The number of esters is 1. The number of aryl methyl sites for hydroxylation is 2. The molecule has 0 spiro atoms. The van der Waals surface area contributed by atoms with Crippen LogP contribution in [0, 0.1) is 13.8 Å². The van der Waals surface area contributed by atoms with Gasteiger partial charge in [0.25, 0.3) is 0 Å². The maximum absolute atomic E-state index is 12.9. The van der Waals surface area contributed by atoms with Crippen LogP contribution in [0.2, 0.25) is 0 Å². The number of fused-ring (bicyclic) bond motifs is 1. The molecule has 2 heterocycles. The number of hydrogen-bond donors (Lipinski definition) is 0. The second-order valence-corrected chi connectivity index (χ2v) is 9.61. The number of benzene rings is 2. The van der Waals surface area contributed by atoms with Crippen molar-refractivity contribution in [2.45, 2.75) is 59.3 Å². The van der Waals surface area contributed by atoms with Gasteiger partial charge in [-0.3, -0.25) is 14.4 Å². The van der Waals surface area contributed by atoms with Gasteiger partial charge in [0.05, 0.1) is 6.42 Å². The van der Waals surface area contributed by atoms with Gasteiger partial charge in [-0.15, -0.1) is 0 Å². The molecule has 1 aliphatic rings. The Hall–Kier alpha value is -3.87. The monoisotopic (exact) mass is 517 g/mol. The molecule has 0 amide bonds. The number of Topliss-reactive ketones (excluding diaryl/α,β-unsaturated/α-hetero) is 2. The third kappa shape index (κ3) is 6.52. The molecule has 38 heavy (non-hydrogen) atoms. The molecule has 0 unspecified atom stereocenters. The zero-order chi connectivity index (χ0) is 27.1. The van der Waals surface area contributed by atoms with E-state index in [1.54, 1.807) is 6.07 Å². The van der Waals surface area contributed by atoms with Crippen molar-refractivity contribution >= 4 is 17.5 Å². The minimum atomic E-state index is -0.566. The molecular weight excluding hydrogens is 482 g/mol. The topological polar surface area (TPSA) is 83.8 Å². The summed E-state index contributed by atoms with van der Waals surface area (Å²) in [6.07, 6.45) is 4.47. The van der Waals surface area contributed by atoms with Crippen molar-refractivity contribution < 1.29 is 28.6 Å². The fraction of sp³-hybridized carbons (Fsp3) is 0.387. The first kappa shape index (κ1) is 27.2. The molecule has 1 aliphatic heterocycles. The predicted octanol–water partition coefficient (Wildman–Crippen LogP) is 5.99. The second kappa shape index (κ2) is 12.6. The van der Waals surface area contributed by atoms with Gasteiger partial charge in [0.1, 0.15) is 13.2 Å². The van der Waals surface area contributed by atoms with Crippen molar-refractivity contribution in [3.8, 4) is 17.2 Å². The Morgan fingerprint density at radius 3 is 2.34 bits per heavy atom. The minimum absolute atomic E-state index is 0.0425. The van der Waals surface area contributed by atoms with Crippen LogP contribution in [-0.4, -0.2) is 41.9 Å². The Balaban J connectivity index is 1.29. The molecule has 1 aromatic heterocycles. The number of carbonyl (C=O) groups excluding carboxylic acids is 3. The van der Waals surface area contributed by atoms with Crippen LogP contribution in [-0.2, 0) is 16.0 Å². The molecule has 200 valence electrons. The lowest BCUT2D eigenvalue weighted by atomic mass is 10.0. The van der Waals surface area contributed by atoms with E-state index < -0.39 is 5.97 Å². The molecule has 3 aromatic rings. The normalized spacial score (nSPS) is 12.3. The van der Waals surface area contributed by atoms with Crippen molar-refractivity contribution in [3.63, 3.8) is 0 Å². The lowest BCUT2D eigenvalue weighted by Crippen LogP contribution is -2.16. The van der Waals surface area contributed by atoms with E-state index in [0.29, 0.717) is 35.8 Å². The molecule has 0 radical (unpaired) electrons. The van der Waals surface area contributed by atoms with Crippen LogP contribution in [0.4, 0.5) is 0 Å². The summed E-state index contributed by atoms with van der Waals surface area (Å²) >= 11 is 0. The highest BCUT2D eigenvalue weighted by Gasteiger charge is 2.20. The Morgan fingerprint density at radius 1 is 0.868 bits per heavy atom. The van der Waals surface area contributed by atoms with Crippen molar-refractivity contribution in [3.05, 3.63) is 76.6 Å². The third-order valence-corrected chi connectivity index (χ3v) is 6.78. The van der Waals surface area contributed by atoms with E-state index in [4.69, 9.17) is 14.2 Å². The van der Waals surface area contributed by atoms with Crippen LogP contribution >= 0.6 is 0 Å². The lowest BCUT2D eigenvalue weighted by Gasteiger charge is -2.20. The number of carbonyl (C=O) groups is 3. The van der Waals surface area contributed by atoms with Crippen LogP contribution in [0.1, 0.15) is 76.7 Å². The third-order valence-electron chi connectivity index (χ3n) is 6.78. The van der Waals surface area contributed by atoms with Crippen LogP contribution < -0.4 is 9.47 Å². The molecule has 0 bridgehead atoms. The average Bonchev–Trinajstić information content (AvgIpc) is 3.24. The van der Waals surface area contributed by atoms with Gasteiger partial charge in [-0.2, -0.15) is 0 Å². The number of nitrogens with zero attached hydrogens (tertiary/aromatic N) is 1. The summed E-state index contributed by atoms with van der Waals surface area (Å²) in [4.78, 5) is 37.7. The van der Waals surface area contributed by atoms with E-state index in [9.17, 15) is 14.4 Å². The van der Waals surface area contributed by atoms with Gasteiger partial charge in [0.15, 0.2) is 23.9 Å². The van der Waals surface area contributed by atoms with Crippen LogP contribution in [0.15, 0.2) is 48.5 Å². The minimum Gasteiger partial charge on any atom is -0.486 e. The van der Waals surface area contributed by atoms with Gasteiger partial charge in [-0.05, 0) is 50.5 Å². The van der Waals surface area contributed by atoms with Crippen LogP contribution in [0.3, 0.4) is 0 Å². The number of unbranched alkanes of at least 4 members (excludes halogenated alkanes) is 2. The van der Waals surface area contributed by atoms with E-state index in [-0.39, 0.29) is 31.0 Å². The van der Waals surface area contributed by atoms with Gasteiger partial charge in [0.2, 0.25) is 5.78 Å². The summed E-state index contributed by atoms with van der Waals surface area (Å²) in [5, 5.41) is 0. The molecular formula is C31H35NO6. The van der Waals surface area contributed by atoms with E-state index >= 15 is 0 Å². The van der Waals surface area contributed by atoms with E-state index in [1.165, 1.54) is 18.4 Å². The summed E-state index contributed by atoms with van der Waals surface area (Å²) < 4.78 is 18.5. The molecule has 0 aliphatic carbocycles. The standard InChI is InChI=1S/C31H35NO6/c1-4-5-6-7-23-8-10-24(11-9-23)27(33)13-15-31(35)38-20-28(34)26-18-21(2)32(22(26)3)25-12-14-29-30(19-25)37-17-16-36-29/h8-12,14,18-19H,4-7,13,15-17,20H2,1-3H3. The SMILES string of the molecule is CCCCCc1ccc(C(=O)CCC(=O)OCC(=O)c2cc(C)n(-c3ccc4c(c3)OCCO4)c2C)cc1. The summed E-state index contributed by atoms with van der Waals surface area (Å²) in [7, 11) is 0. The molecule has 7 heteroatoms.